The number of hydrogen-bond donors (Lipinski definition) is 2. The molecule has 0 amide bonds. The average Bonchev–Trinajstić information content (AvgIpc) is 2.70. The van der Waals surface area contributed by atoms with Crippen LogP contribution < -0.4 is 10.6 Å². The standard InChI is InChI=1S/C19H38N4O3S.HI/c1-4-15-26-19(11-7-6-8-12-19)16-21-18(20-3)22-17-9-13-23(14-10-17)27(24,25)5-2;/h17H,4-16H2,1-3H3,(H2,20,21,22);1H. The summed E-state index contributed by atoms with van der Waals surface area (Å²) in [4.78, 5) is 4.37. The van der Waals surface area contributed by atoms with Gasteiger partial charge in [0.15, 0.2) is 5.96 Å². The van der Waals surface area contributed by atoms with Crippen LogP contribution in [0.2, 0.25) is 0 Å². The smallest absolute Gasteiger partial charge is 0.213 e. The highest BCUT2D eigenvalue weighted by Crippen LogP contribution is 2.31. The van der Waals surface area contributed by atoms with Crippen LogP contribution in [0, 0.1) is 0 Å². The molecule has 166 valence electrons. The quantitative estimate of drug-likeness (QED) is 0.287. The number of hydrogen-bond acceptors (Lipinski definition) is 4. The topological polar surface area (TPSA) is 83.0 Å². The van der Waals surface area contributed by atoms with E-state index in [4.69, 9.17) is 4.74 Å². The van der Waals surface area contributed by atoms with E-state index in [1.807, 2.05) is 0 Å². The first kappa shape index (κ1) is 25.9. The Morgan fingerprint density at radius 2 is 1.82 bits per heavy atom. The van der Waals surface area contributed by atoms with Gasteiger partial charge in [-0.2, -0.15) is 0 Å². The Labute approximate surface area is 188 Å². The second-order valence-corrected chi connectivity index (χ2v) is 9.99. The fourth-order valence-corrected chi connectivity index (χ4v) is 5.11. The van der Waals surface area contributed by atoms with E-state index >= 15 is 0 Å². The first-order chi connectivity index (χ1) is 12.9. The molecule has 2 aliphatic rings. The molecule has 2 fully saturated rings. The zero-order chi connectivity index (χ0) is 19.8. The number of guanidine groups is 1. The van der Waals surface area contributed by atoms with Gasteiger partial charge in [-0.25, -0.2) is 12.7 Å². The van der Waals surface area contributed by atoms with Crippen LogP contribution in [0.4, 0.5) is 0 Å². The summed E-state index contributed by atoms with van der Waals surface area (Å²) < 4.78 is 31.8. The number of ether oxygens (including phenoxy) is 1. The Hall–Kier alpha value is -0.130. The second-order valence-electron chi connectivity index (χ2n) is 7.74. The molecule has 2 rings (SSSR count). The molecule has 0 aromatic heterocycles. The minimum absolute atomic E-state index is 0. The molecule has 1 aliphatic heterocycles. The van der Waals surface area contributed by atoms with Crippen molar-refractivity contribution in [3.8, 4) is 0 Å². The van der Waals surface area contributed by atoms with Gasteiger partial charge in [0.25, 0.3) is 0 Å². The summed E-state index contributed by atoms with van der Waals surface area (Å²) in [5.74, 6) is 0.964. The summed E-state index contributed by atoms with van der Waals surface area (Å²) in [7, 11) is -1.29. The summed E-state index contributed by atoms with van der Waals surface area (Å²) in [5.41, 5.74) is -0.0789. The molecule has 2 N–H and O–H groups in total. The third kappa shape index (κ3) is 7.60. The van der Waals surface area contributed by atoms with E-state index in [1.165, 1.54) is 19.3 Å². The van der Waals surface area contributed by atoms with Crippen molar-refractivity contribution < 1.29 is 13.2 Å². The van der Waals surface area contributed by atoms with Gasteiger partial charge in [-0.3, -0.25) is 4.99 Å². The minimum atomic E-state index is -3.08. The monoisotopic (exact) mass is 530 g/mol. The molecule has 1 saturated carbocycles. The maximum atomic E-state index is 12.0. The normalized spacial score (nSPS) is 21.8. The van der Waals surface area contributed by atoms with Crippen molar-refractivity contribution in [1.82, 2.24) is 14.9 Å². The van der Waals surface area contributed by atoms with Crippen molar-refractivity contribution in [2.45, 2.75) is 76.9 Å². The molecule has 1 aliphatic carbocycles. The van der Waals surface area contributed by atoms with Crippen LogP contribution in [0.15, 0.2) is 4.99 Å². The van der Waals surface area contributed by atoms with E-state index in [1.54, 1.807) is 18.3 Å². The van der Waals surface area contributed by atoms with Crippen LogP contribution in [0.5, 0.6) is 0 Å². The zero-order valence-electron chi connectivity index (χ0n) is 17.7. The van der Waals surface area contributed by atoms with Gasteiger partial charge in [-0.05, 0) is 39.0 Å². The number of sulfonamides is 1. The lowest BCUT2D eigenvalue weighted by Crippen LogP contribution is -2.53. The molecular formula is C19H39IN4O3S. The lowest BCUT2D eigenvalue weighted by Gasteiger charge is -2.38. The first-order valence-electron chi connectivity index (χ1n) is 10.5. The van der Waals surface area contributed by atoms with Gasteiger partial charge >= 0.3 is 0 Å². The lowest BCUT2D eigenvalue weighted by molar-refractivity contribution is -0.0657. The molecule has 0 radical (unpaired) electrons. The number of halogens is 1. The van der Waals surface area contributed by atoms with Crippen LogP contribution >= 0.6 is 24.0 Å². The fraction of sp³-hybridized carbons (Fsp3) is 0.947. The lowest BCUT2D eigenvalue weighted by atomic mass is 9.84. The van der Waals surface area contributed by atoms with E-state index in [0.29, 0.717) is 13.1 Å². The molecule has 0 atom stereocenters. The van der Waals surface area contributed by atoms with E-state index in [9.17, 15) is 8.42 Å². The molecule has 0 unspecified atom stereocenters. The fourth-order valence-electron chi connectivity index (χ4n) is 3.98. The highest BCUT2D eigenvalue weighted by Gasteiger charge is 2.33. The number of nitrogens with one attached hydrogen (secondary N) is 2. The van der Waals surface area contributed by atoms with Gasteiger partial charge in [-0.1, -0.05) is 26.2 Å². The first-order valence-corrected chi connectivity index (χ1v) is 12.1. The maximum Gasteiger partial charge on any atom is 0.213 e. The number of aliphatic imine (C=N–C) groups is 1. The molecule has 28 heavy (non-hydrogen) atoms. The number of piperidine rings is 1. The van der Waals surface area contributed by atoms with Crippen molar-refractivity contribution in [2.24, 2.45) is 4.99 Å². The van der Waals surface area contributed by atoms with Crippen molar-refractivity contribution >= 4 is 40.0 Å². The molecule has 1 heterocycles. The number of rotatable bonds is 8. The molecule has 1 saturated heterocycles. The van der Waals surface area contributed by atoms with Gasteiger partial charge in [0.05, 0.1) is 11.4 Å². The Morgan fingerprint density at radius 1 is 1.18 bits per heavy atom. The van der Waals surface area contributed by atoms with Crippen LogP contribution in [0.25, 0.3) is 0 Å². The Morgan fingerprint density at radius 3 is 2.36 bits per heavy atom. The van der Waals surface area contributed by atoms with Crippen LogP contribution in [0.3, 0.4) is 0 Å². The predicted molar refractivity (Wildman–Crippen MR) is 126 cm³/mol. The van der Waals surface area contributed by atoms with E-state index in [0.717, 1.165) is 51.2 Å². The Bertz CT molecular complexity index is 572. The maximum absolute atomic E-state index is 12.0. The van der Waals surface area contributed by atoms with Gasteiger partial charge in [0.2, 0.25) is 10.0 Å². The van der Waals surface area contributed by atoms with E-state index < -0.39 is 10.0 Å². The zero-order valence-corrected chi connectivity index (χ0v) is 20.9. The molecule has 0 aromatic rings. The summed E-state index contributed by atoms with van der Waals surface area (Å²) in [5, 5.41) is 6.94. The molecule has 0 aromatic carbocycles. The van der Waals surface area contributed by atoms with Crippen LogP contribution in [-0.4, -0.2) is 69.4 Å². The highest BCUT2D eigenvalue weighted by molar-refractivity contribution is 14.0. The molecule has 0 bridgehead atoms. The second kappa shape index (κ2) is 12.5. The van der Waals surface area contributed by atoms with Gasteiger partial charge < -0.3 is 15.4 Å². The van der Waals surface area contributed by atoms with E-state index in [2.05, 4.69) is 22.5 Å². The Balaban J connectivity index is 0.00000392. The Kier molecular flexibility index (Phi) is 11.6. The summed E-state index contributed by atoms with van der Waals surface area (Å²) in [6.07, 6.45) is 8.59. The summed E-state index contributed by atoms with van der Waals surface area (Å²) >= 11 is 0. The highest BCUT2D eigenvalue weighted by atomic mass is 127. The van der Waals surface area contributed by atoms with Gasteiger partial charge in [-0.15, -0.1) is 24.0 Å². The van der Waals surface area contributed by atoms with Crippen LogP contribution in [0.1, 0.15) is 65.2 Å². The van der Waals surface area contributed by atoms with Gasteiger partial charge in [0, 0.05) is 39.3 Å². The molecule has 7 nitrogen and oxygen atoms in total. The number of nitrogens with zero attached hydrogens (tertiary/aromatic N) is 2. The minimum Gasteiger partial charge on any atom is -0.373 e. The summed E-state index contributed by atoms with van der Waals surface area (Å²) in [6, 6.07) is 0.248. The average molecular weight is 531 g/mol. The SMILES string of the molecule is CCCOC1(CNC(=NC)NC2CCN(S(=O)(=O)CC)CC2)CCCCC1.I. The molecular weight excluding hydrogens is 491 g/mol. The van der Waals surface area contributed by atoms with Crippen molar-refractivity contribution in [2.75, 3.05) is 39.0 Å². The van der Waals surface area contributed by atoms with Gasteiger partial charge in [0.1, 0.15) is 0 Å². The molecule has 0 spiro atoms. The third-order valence-corrected chi connectivity index (χ3v) is 7.61. The van der Waals surface area contributed by atoms with Crippen molar-refractivity contribution in [3.63, 3.8) is 0 Å². The third-order valence-electron chi connectivity index (χ3n) is 5.73. The van der Waals surface area contributed by atoms with Crippen LogP contribution in [-0.2, 0) is 14.8 Å². The summed E-state index contributed by atoms with van der Waals surface area (Å²) in [6.45, 7) is 6.58. The van der Waals surface area contributed by atoms with E-state index in [-0.39, 0.29) is 41.4 Å². The van der Waals surface area contributed by atoms with Crippen molar-refractivity contribution in [1.29, 1.82) is 0 Å². The van der Waals surface area contributed by atoms with Crippen molar-refractivity contribution in [3.05, 3.63) is 0 Å². The largest absolute Gasteiger partial charge is 0.373 e. The molecule has 9 heteroatoms. The predicted octanol–water partition coefficient (Wildman–Crippen LogP) is 2.71.